The molecule has 0 amide bonds. The Hall–Kier alpha value is -2.66. The van der Waals surface area contributed by atoms with Gasteiger partial charge < -0.3 is 16.2 Å². The fraction of sp³-hybridized carbons (Fsp3) is 0.333. The number of para-hydroxylation sites is 1. The van der Waals surface area contributed by atoms with Crippen LogP contribution >= 0.6 is 0 Å². The third kappa shape index (κ3) is 4.11. The van der Waals surface area contributed by atoms with Gasteiger partial charge in [0.25, 0.3) is 0 Å². The number of aromatic hydroxyl groups is 1. The van der Waals surface area contributed by atoms with Crippen molar-refractivity contribution in [3.05, 3.63) is 48.0 Å². The second-order valence-corrected chi connectivity index (χ2v) is 7.20. The van der Waals surface area contributed by atoms with E-state index in [2.05, 4.69) is 29.1 Å². The molecular weight excluding hydrogens is 324 g/mol. The average Bonchev–Trinajstić information content (AvgIpc) is 2.61. The van der Waals surface area contributed by atoms with Crippen molar-refractivity contribution in [2.75, 3.05) is 11.9 Å². The summed E-state index contributed by atoms with van der Waals surface area (Å²) in [6, 6.07) is 13.3. The van der Waals surface area contributed by atoms with Crippen LogP contribution in [0.5, 0.6) is 5.75 Å². The fourth-order valence-corrected chi connectivity index (χ4v) is 3.08. The number of hydrogen-bond donors (Lipinski definition) is 3. The summed E-state index contributed by atoms with van der Waals surface area (Å²) >= 11 is 0. The third-order valence-electron chi connectivity index (χ3n) is 4.30. The molecule has 1 atom stereocenters. The molecule has 0 saturated heterocycles. The topological polar surface area (TPSA) is 84.1 Å². The van der Waals surface area contributed by atoms with E-state index in [-0.39, 0.29) is 11.8 Å². The van der Waals surface area contributed by atoms with E-state index in [0.29, 0.717) is 23.9 Å². The van der Waals surface area contributed by atoms with Crippen molar-refractivity contribution in [1.29, 1.82) is 0 Å². The van der Waals surface area contributed by atoms with Crippen LogP contribution in [0.4, 0.5) is 5.82 Å². The van der Waals surface area contributed by atoms with Crippen molar-refractivity contribution in [3.63, 3.8) is 0 Å². The Morgan fingerprint density at radius 1 is 1.12 bits per heavy atom. The van der Waals surface area contributed by atoms with Crippen LogP contribution < -0.4 is 11.1 Å². The minimum absolute atomic E-state index is 0.0551. The highest BCUT2D eigenvalue weighted by molar-refractivity contribution is 5.90. The van der Waals surface area contributed by atoms with Crippen LogP contribution in [-0.4, -0.2) is 27.7 Å². The molecule has 0 bridgehead atoms. The number of phenolic OH excluding ortho intramolecular Hbond substituents is 1. The van der Waals surface area contributed by atoms with Gasteiger partial charge in [0.15, 0.2) is 5.82 Å². The smallest absolute Gasteiger partial charge is 0.165 e. The van der Waals surface area contributed by atoms with Gasteiger partial charge >= 0.3 is 0 Å². The van der Waals surface area contributed by atoms with E-state index in [1.54, 1.807) is 6.07 Å². The van der Waals surface area contributed by atoms with E-state index < -0.39 is 0 Å². The lowest BCUT2D eigenvalue weighted by molar-refractivity contribution is 0.476. The maximum atomic E-state index is 10.2. The Morgan fingerprint density at radius 3 is 2.65 bits per heavy atom. The fourth-order valence-electron chi connectivity index (χ4n) is 3.08. The first-order chi connectivity index (χ1) is 12.4. The number of anilines is 1. The van der Waals surface area contributed by atoms with Crippen molar-refractivity contribution in [1.82, 2.24) is 9.97 Å². The molecule has 1 heterocycles. The molecule has 0 fully saturated rings. The van der Waals surface area contributed by atoms with E-state index in [0.717, 1.165) is 28.7 Å². The van der Waals surface area contributed by atoms with Gasteiger partial charge in [0.1, 0.15) is 11.6 Å². The summed E-state index contributed by atoms with van der Waals surface area (Å²) in [5, 5.41) is 14.6. The number of aromatic nitrogens is 2. The predicted octanol–water partition coefficient (Wildman–Crippen LogP) is 4.10. The molecule has 3 aromatic rings. The molecule has 4 N–H and O–H groups in total. The second kappa shape index (κ2) is 7.70. The summed E-state index contributed by atoms with van der Waals surface area (Å²) in [6.07, 6.45) is 0.946. The first-order valence-electron chi connectivity index (χ1n) is 9.00. The number of hydrogen-bond acceptors (Lipinski definition) is 5. The number of nitrogens with one attached hydrogen (secondary N) is 1. The van der Waals surface area contributed by atoms with Gasteiger partial charge in [-0.25, -0.2) is 9.97 Å². The van der Waals surface area contributed by atoms with Gasteiger partial charge in [-0.15, -0.1) is 0 Å². The highest BCUT2D eigenvalue weighted by atomic mass is 16.3. The summed E-state index contributed by atoms with van der Waals surface area (Å²) in [5.41, 5.74) is 8.72. The number of fused-ring (bicyclic) bond motifs is 1. The molecule has 0 unspecified atom stereocenters. The molecule has 0 aliphatic carbocycles. The van der Waals surface area contributed by atoms with Crippen molar-refractivity contribution in [3.8, 4) is 17.1 Å². The normalized spacial score (nSPS) is 12.5. The van der Waals surface area contributed by atoms with E-state index in [4.69, 9.17) is 5.73 Å². The van der Waals surface area contributed by atoms with E-state index >= 15 is 0 Å². The van der Waals surface area contributed by atoms with Gasteiger partial charge in [-0.2, -0.15) is 0 Å². The zero-order valence-corrected chi connectivity index (χ0v) is 15.5. The summed E-state index contributed by atoms with van der Waals surface area (Å²) in [6.45, 7) is 6.95. The molecule has 5 nitrogen and oxygen atoms in total. The minimum atomic E-state index is 0.0551. The van der Waals surface area contributed by atoms with Crippen LogP contribution in [0, 0.1) is 12.8 Å². The van der Waals surface area contributed by atoms with Gasteiger partial charge in [0, 0.05) is 18.0 Å². The second-order valence-electron chi connectivity index (χ2n) is 7.20. The number of rotatable bonds is 6. The summed E-state index contributed by atoms with van der Waals surface area (Å²) < 4.78 is 0. The van der Waals surface area contributed by atoms with Gasteiger partial charge in [-0.1, -0.05) is 37.6 Å². The van der Waals surface area contributed by atoms with E-state index in [1.807, 2.05) is 43.3 Å². The molecule has 0 spiro atoms. The summed E-state index contributed by atoms with van der Waals surface area (Å²) in [7, 11) is 0. The van der Waals surface area contributed by atoms with Crippen LogP contribution in [-0.2, 0) is 0 Å². The SMILES string of the molecule is Cc1ccc(O)c(-c2nc(NC[C@H](N)CC(C)C)c3ccccc3n2)c1. The molecular formula is C21H26N4O. The van der Waals surface area contributed by atoms with Gasteiger partial charge in [-0.3, -0.25) is 0 Å². The van der Waals surface area contributed by atoms with Crippen LogP contribution in [0.3, 0.4) is 0 Å². The Bertz CT molecular complexity index is 908. The van der Waals surface area contributed by atoms with Crippen LogP contribution in [0.25, 0.3) is 22.3 Å². The maximum absolute atomic E-state index is 10.2. The Morgan fingerprint density at radius 2 is 1.88 bits per heavy atom. The number of nitrogens with two attached hydrogens (primary N) is 1. The molecule has 26 heavy (non-hydrogen) atoms. The third-order valence-corrected chi connectivity index (χ3v) is 4.30. The standard InChI is InChI=1S/C21H26N4O/c1-13(2)10-15(22)12-23-20-16-6-4-5-7-18(16)24-21(25-20)17-11-14(3)8-9-19(17)26/h4-9,11,13,15,26H,10,12,22H2,1-3H3,(H,23,24,25)/t15-/m1/s1. The van der Waals surface area contributed by atoms with E-state index in [9.17, 15) is 5.11 Å². The molecule has 0 saturated carbocycles. The zero-order valence-electron chi connectivity index (χ0n) is 15.5. The van der Waals surface area contributed by atoms with Crippen molar-refractivity contribution in [2.45, 2.75) is 33.2 Å². The molecule has 5 heteroatoms. The average molecular weight is 350 g/mol. The summed E-state index contributed by atoms with van der Waals surface area (Å²) in [5.74, 6) is 1.97. The highest BCUT2D eigenvalue weighted by Gasteiger charge is 2.13. The molecule has 136 valence electrons. The van der Waals surface area contributed by atoms with Crippen molar-refractivity contribution >= 4 is 16.7 Å². The number of nitrogens with zero attached hydrogens (tertiary/aromatic N) is 2. The largest absolute Gasteiger partial charge is 0.507 e. The predicted molar refractivity (Wildman–Crippen MR) is 107 cm³/mol. The first-order valence-corrected chi connectivity index (χ1v) is 9.00. The van der Waals surface area contributed by atoms with Crippen molar-refractivity contribution < 1.29 is 5.11 Å². The van der Waals surface area contributed by atoms with Gasteiger partial charge in [-0.05, 0) is 43.5 Å². The van der Waals surface area contributed by atoms with Gasteiger partial charge in [0.2, 0.25) is 0 Å². The summed E-state index contributed by atoms with van der Waals surface area (Å²) in [4.78, 5) is 9.33. The molecule has 2 aromatic carbocycles. The lowest BCUT2D eigenvalue weighted by atomic mass is 10.0. The lowest BCUT2D eigenvalue weighted by Gasteiger charge is -2.17. The van der Waals surface area contributed by atoms with Crippen molar-refractivity contribution in [2.24, 2.45) is 11.7 Å². The molecule has 3 rings (SSSR count). The minimum Gasteiger partial charge on any atom is -0.507 e. The Balaban J connectivity index is 2.00. The molecule has 0 aliphatic heterocycles. The van der Waals surface area contributed by atoms with Crippen LogP contribution in [0.2, 0.25) is 0 Å². The number of phenols is 1. The Labute approximate surface area is 154 Å². The number of benzene rings is 2. The lowest BCUT2D eigenvalue weighted by Crippen LogP contribution is -2.30. The highest BCUT2D eigenvalue weighted by Crippen LogP contribution is 2.30. The first kappa shape index (κ1) is 18.1. The van der Waals surface area contributed by atoms with Gasteiger partial charge in [0.05, 0.1) is 11.1 Å². The molecule has 0 radical (unpaired) electrons. The molecule has 1 aromatic heterocycles. The van der Waals surface area contributed by atoms with Crippen LogP contribution in [0.1, 0.15) is 25.8 Å². The quantitative estimate of drug-likeness (QED) is 0.623. The van der Waals surface area contributed by atoms with E-state index in [1.165, 1.54) is 0 Å². The zero-order chi connectivity index (χ0) is 18.7. The Kier molecular flexibility index (Phi) is 5.38. The maximum Gasteiger partial charge on any atom is 0.165 e. The monoisotopic (exact) mass is 350 g/mol. The molecule has 0 aliphatic rings. The number of aryl methyl sites for hydroxylation is 1. The van der Waals surface area contributed by atoms with Crippen LogP contribution in [0.15, 0.2) is 42.5 Å².